The van der Waals surface area contributed by atoms with Crippen molar-refractivity contribution >= 4 is 11.8 Å². The van der Waals surface area contributed by atoms with Crippen LogP contribution in [0.25, 0.3) is 0 Å². The molecule has 0 spiro atoms. The molecular formula is C11H17NOS. The summed E-state index contributed by atoms with van der Waals surface area (Å²) < 4.78 is 0. The molecule has 0 aromatic carbocycles. The Kier molecular flexibility index (Phi) is 4.42. The lowest BCUT2D eigenvalue weighted by molar-refractivity contribution is 0.195. The zero-order valence-electron chi connectivity index (χ0n) is 8.95. The number of hydrogen-bond donors (Lipinski definition) is 1. The van der Waals surface area contributed by atoms with Crippen LogP contribution in [0, 0.1) is 13.8 Å². The molecule has 1 rings (SSSR count). The highest BCUT2D eigenvalue weighted by molar-refractivity contribution is 7.99. The molecule has 0 saturated carbocycles. The van der Waals surface area contributed by atoms with Crippen molar-refractivity contribution in [2.24, 2.45) is 0 Å². The van der Waals surface area contributed by atoms with Gasteiger partial charge in [-0.15, -0.1) is 11.8 Å². The van der Waals surface area contributed by atoms with Crippen LogP contribution in [0.5, 0.6) is 0 Å². The Morgan fingerprint density at radius 2 is 2.14 bits per heavy atom. The average molecular weight is 211 g/mol. The van der Waals surface area contributed by atoms with Crippen LogP contribution in [-0.4, -0.2) is 21.9 Å². The molecule has 14 heavy (non-hydrogen) atoms. The second-order valence-corrected chi connectivity index (χ2v) is 4.54. The minimum absolute atomic E-state index is 0.220. The van der Waals surface area contributed by atoms with Gasteiger partial charge in [-0.3, -0.25) is 0 Å². The first-order valence-corrected chi connectivity index (χ1v) is 5.86. The van der Waals surface area contributed by atoms with Crippen LogP contribution in [0.4, 0.5) is 0 Å². The first kappa shape index (κ1) is 11.5. The van der Waals surface area contributed by atoms with Crippen molar-refractivity contribution in [2.75, 3.05) is 5.75 Å². The molecule has 3 heteroatoms. The van der Waals surface area contributed by atoms with E-state index in [0.29, 0.717) is 0 Å². The quantitative estimate of drug-likeness (QED) is 0.777. The lowest BCUT2D eigenvalue weighted by Crippen LogP contribution is -2.07. The van der Waals surface area contributed by atoms with Gasteiger partial charge in [0.2, 0.25) is 0 Å². The zero-order valence-corrected chi connectivity index (χ0v) is 9.77. The summed E-state index contributed by atoms with van der Waals surface area (Å²) in [7, 11) is 0. The van der Waals surface area contributed by atoms with E-state index in [4.69, 9.17) is 0 Å². The zero-order chi connectivity index (χ0) is 10.6. The van der Waals surface area contributed by atoms with Gasteiger partial charge in [-0.1, -0.05) is 6.92 Å². The third kappa shape index (κ3) is 3.68. The van der Waals surface area contributed by atoms with E-state index in [1.165, 1.54) is 5.56 Å². The number of thioether (sulfide) groups is 1. The number of pyridine rings is 1. The Bertz CT molecular complexity index is 281. The van der Waals surface area contributed by atoms with Crippen molar-refractivity contribution in [3.63, 3.8) is 0 Å². The molecule has 0 amide bonds. The van der Waals surface area contributed by atoms with E-state index in [2.05, 4.69) is 24.0 Å². The highest BCUT2D eigenvalue weighted by atomic mass is 32.2. The van der Waals surface area contributed by atoms with E-state index in [9.17, 15) is 5.11 Å². The molecule has 0 radical (unpaired) electrons. The fourth-order valence-electron chi connectivity index (χ4n) is 1.18. The van der Waals surface area contributed by atoms with E-state index in [-0.39, 0.29) is 6.10 Å². The van der Waals surface area contributed by atoms with Crippen molar-refractivity contribution in [1.29, 1.82) is 0 Å². The molecule has 0 fully saturated rings. The molecule has 1 heterocycles. The smallest absolute Gasteiger partial charge is 0.0966 e. The van der Waals surface area contributed by atoms with Gasteiger partial charge in [-0.2, -0.15) is 0 Å². The van der Waals surface area contributed by atoms with Crippen LogP contribution >= 0.6 is 11.8 Å². The van der Waals surface area contributed by atoms with Crippen molar-refractivity contribution in [3.05, 3.63) is 23.4 Å². The van der Waals surface area contributed by atoms with Gasteiger partial charge in [0, 0.05) is 11.4 Å². The van der Waals surface area contributed by atoms with Gasteiger partial charge in [0.15, 0.2) is 0 Å². The summed E-state index contributed by atoms with van der Waals surface area (Å²) in [5.41, 5.74) is 2.27. The van der Waals surface area contributed by atoms with Crippen LogP contribution in [0.3, 0.4) is 0 Å². The third-order valence-electron chi connectivity index (χ3n) is 1.97. The van der Waals surface area contributed by atoms with E-state index < -0.39 is 0 Å². The topological polar surface area (TPSA) is 33.1 Å². The van der Waals surface area contributed by atoms with Crippen LogP contribution in [0.1, 0.15) is 24.6 Å². The second-order valence-electron chi connectivity index (χ2n) is 3.50. The summed E-state index contributed by atoms with van der Waals surface area (Å²) >= 11 is 1.62. The molecule has 0 aliphatic rings. The number of aryl methyl sites for hydroxylation is 2. The van der Waals surface area contributed by atoms with Gasteiger partial charge >= 0.3 is 0 Å². The first-order chi connectivity index (χ1) is 6.61. The Hall–Kier alpha value is -0.540. The van der Waals surface area contributed by atoms with Gasteiger partial charge in [-0.25, -0.2) is 4.98 Å². The summed E-state index contributed by atoms with van der Waals surface area (Å²) in [6, 6.07) is 4.11. The van der Waals surface area contributed by atoms with Crippen molar-refractivity contribution in [1.82, 2.24) is 4.98 Å². The lowest BCUT2D eigenvalue weighted by atomic mass is 10.3. The maximum absolute atomic E-state index is 9.41. The minimum Gasteiger partial charge on any atom is -0.392 e. The van der Waals surface area contributed by atoms with E-state index in [1.807, 2.05) is 13.8 Å². The number of rotatable bonds is 4. The molecule has 1 atom stereocenters. The van der Waals surface area contributed by atoms with Crippen molar-refractivity contribution < 1.29 is 5.11 Å². The summed E-state index contributed by atoms with van der Waals surface area (Å²) in [4.78, 5) is 4.39. The normalized spacial score (nSPS) is 12.9. The molecule has 1 N–H and O–H groups in total. The summed E-state index contributed by atoms with van der Waals surface area (Å²) in [6.07, 6.45) is 0.584. The van der Waals surface area contributed by atoms with E-state index >= 15 is 0 Å². The largest absolute Gasteiger partial charge is 0.392 e. The van der Waals surface area contributed by atoms with Gasteiger partial charge in [0.1, 0.15) is 0 Å². The molecule has 0 aliphatic carbocycles. The van der Waals surface area contributed by atoms with Crippen molar-refractivity contribution in [2.45, 2.75) is 38.3 Å². The highest BCUT2D eigenvalue weighted by Gasteiger charge is 2.03. The summed E-state index contributed by atoms with van der Waals surface area (Å²) in [6.45, 7) is 6.04. The van der Waals surface area contributed by atoms with Crippen LogP contribution in [0.2, 0.25) is 0 Å². The van der Waals surface area contributed by atoms with Crippen molar-refractivity contribution in [3.8, 4) is 0 Å². The SMILES string of the molecule is CCC(O)CSc1cc(C)cc(C)n1. The standard InChI is InChI=1S/C11H17NOS/c1-4-10(13)7-14-11-6-8(2)5-9(3)12-11/h5-6,10,13H,4,7H2,1-3H3. The van der Waals surface area contributed by atoms with E-state index in [0.717, 1.165) is 22.9 Å². The minimum atomic E-state index is -0.220. The third-order valence-corrected chi connectivity index (χ3v) is 3.03. The fourth-order valence-corrected chi connectivity index (χ4v) is 2.25. The number of hydrogen-bond acceptors (Lipinski definition) is 3. The molecule has 1 aromatic heterocycles. The monoisotopic (exact) mass is 211 g/mol. The second kappa shape index (κ2) is 5.37. The van der Waals surface area contributed by atoms with Gasteiger partial charge in [0.05, 0.1) is 11.1 Å². The first-order valence-electron chi connectivity index (χ1n) is 4.88. The number of nitrogens with zero attached hydrogens (tertiary/aromatic N) is 1. The molecule has 78 valence electrons. The summed E-state index contributed by atoms with van der Waals surface area (Å²) in [5, 5.41) is 10.4. The number of aliphatic hydroxyl groups excluding tert-OH is 1. The Morgan fingerprint density at radius 1 is 1.43 bits per heavy atom. The van der Waals surface area contributed by atoms with E-state index in [1.54, 1.807) is 11.8 Å². The van der Waals surface area contributed by atoms with Gasteiger partial charge in [0.25, 0.3) is 0 Å². The van der Waals surface area contributed by atoms with Gasteiger partial charge in [-0.05, 0) is 38.0 Å². The fraction of sp³-hybridized carbons (Fsp3) is 0.545. The molecule has 1 unspecified atom stereocenters. The van der Waals surface area contributed by atoms with Gasteiger partial charge < -0.3 is 5.11 Å². The van der Waals surface area contributed by atoms with Crippen LogP contribution < -0.4 is 0 Å². The maximum Gasteiger partial charge on any atom is 0.0966 e. The number of aromatic nitrogens is 1. The molecular weight excluding hydrogens is 194 g/mol. The molecule has 0 bridgehead atoms. The van der Waals surface area contributed by atoms with Crippen LogP contribution in [0.15, 0.2) is 17.2 Å². The Balaban J connectivity index is 2.58. The molecule has 0 saturated heterocycles. The molecule has 0 aliphatic heterocycles. The highest BCUT2D eigenvalue weighted by Crippen LogP contribution is 2.18. The maximum atomic E-state index is 9.41. The Morgan fingerprint density at radius 3 is 2.71 bits per heavy atom. The Labute approximate surface area is 89.8 Å². The molecule has 2 nitrogen and oxygen atoms in total. The molecule has 1 aromatic rings. The predicted molar refractivity (Wildman–Crippen MR) is 60.7 cm³/mol. The number of aliphatic hydroxyl groups is 1. The lowest BCUT2D eigenvalue weighted by Gasteiger charge is -2.07. The van der Waals surface area contributed by atoms with Crippen LogP contribution in [-0.2, 0) is 0 Å². The predicted octanol–water partition coefficient (Wildman–Crippen LogP) is 2.56. The summed E-state index contributed by atoms with van der Waals surface area (Å²) in [5.74, 6) is 0.729. The average Bonchev–Trinajstić information content (AvgIpc) is 2.12.